The lowest BCUT2D eigenvalue weighted by molar-refractivity contribution is 0.00698. The minimum absolute atomic E-state index is 0.139. The number of aliphatic hydroxyl groups is 1. The smallest absolute Gasteiger partial charge is 0.410 e. The molecule has 1 fully saturated rings. The maximum absolute atomic E-state index is 12.7. The number of nitrogens with one attached hydrogen (secondary N) is 1. The van der Waals surface area contributed by atoms with Gasteiger partial charge in [0.1, 0.15) is 23.2 Å². The molecule has 0 aliphatic carbocycles. The van der Waals surface area contributed by atoms with Crippen molar-refractivity contribution in [2.45, 2.75) is 39.0 Å². The zero-order chi connectivity index (χ0) is 27.4. The number of hydrogen-bond acceptors (Lipinski definition) is 10. The minimum atomic E-state index is -0.639. The highest BCUT2D eigenvalue weighted by Crippen LogP contribution is 2.29. The summed E-state index contributed by atoms with van der Waals surface area (Å²) in [5.41, 5.74) is 0.581. The van der Waals surface area contributed by atoms with E-state index in [1.165, 1.54) is 17.3 Å². The van der Waals surface area contributed by atoms with Gasteiger partial charge in [-0.05, 0) is 44.5 Å². The van der Waals surface area contributed by atoms with Crippen molar-refractivity contribution in [1.29, 1.82) is 5.26 Å². The van der Waals surface area contributed by atoms with Crippen LogP contribution in [0.25, 0.3) is 10.9 Å². The zero-order valence-corrected chi connectivity index (χ0v) is 21.4. The minimum Gasteiger partial charge on any atom is -0.505 e. The summed E-state index contributed by atoms with van der Waals surface area (Å²) in [7, 11) is 0. The first-order valence-corrected chi connectivity index (χ1v) is 12.1. The van der Waals surface area contributed by atoms with Gasteiger partial charge in [-0.2, -0.15) is 5.26 Å². The molecule has 0 bridgehead atoms. The van der Waals surface area contributed by atoms with Gasteiger partial charge in [0, 0.05) is 37.8 Å². The van der Waals surface area contributed by atoms with Crippen LogP contribution in [0.15, 0.2) is 36.7 Å². The van der Waals surface area contributed by atoms with Gasteiger partial charge in [-0.15, -0.1) is 0 Å². The zero-order valence-electron chi connectivity index (χ0n) is 21.4. The molecule has 0 radical (unpaired) electrons. The van der Waals surface area contributed by atoms with Gasteiger partial charge in [-0.1, -0.05) is 6.07 Å². The molecule has 0 spiro atoms. The lowest BCUT2D eigenvalue weighted by atomic mass is 10.1. The van der Waals surface area contributed by atoms with Gasteiger partial charge in [0.25, 0.3) is 5.91 Å². The van der Waals surface area contributed by atoms with Crippen LogP contribution in [-0.4, -0.2) is 79.9 Å². The molecule has 3 N–H and O–H groups in total. The van der Waals surface area contributed by atoms with Crippen molar-refractivity contribution in [3.05, 3.63) is 53.6 Å². The highest BCUT2D eigenvalue weighted by atomic mass is 16.6. The van der Waals surface area contributed by atoms with Gasteiger partial charge in [0.05, 0.1) is 24.4 Å². The Morgan fingerprint density at radius 1 is 1.18 bits per heavy atom. The third-order valence-corrected chi connectivity index (χ3v) is 5.96. The summed E-state index contributed by atoms with van der Waals surface area (Å²) >= 11 is 0. The number of fused-ring (bicyclic) bond motifs is 1. The van der Waals surface area contributed by atoms with Crippen LogP contribution in [0.3, 0.4) is 0 Å². The third-order valence-electron chi connectivity index (χ3n) is 5.96. The number of pyridine rings is 3. The molecule has 4 heterocycles. The Hall–Kier alpha value is -4.50. The van der Waals surface area contributed by atoms with Crippen molar-refractivity contribution in [1.82, 2.24) is 25.2 Å². The van der Waals surface area contributed by atoms with E-state index in [2.05, 4.69) is 20.3 Å². The number of ether oxygens (including phenoxy) is 1. The normalized spacial score (nSPS) is 15.7. The maximum atomic E-state index is 12.7. The fraction of sp³-hybridized carbons (Fsp3) is 0.385. The summed E-state index contributed by atoms with van der Waals surface area (Å²) in [6, 6.07) is 8.06. The van der Waals surface area contributed by atoms with E-state index in [0.29, 0.717) is 41.9 Å². The van der Waals surface area contributed by atoms with Crippen LogP contribution < -0.4 is 10.2 Å². The molecular formula is C26H29N7O5. The summed E-state index contributed by atoms with van der Waals surface area (Å²) in [5, 5.41) is 32.5. The Kier molecular flexibility index (Phi) is 7.59. The number of nitrogens with zero attached hydrogens (tertiary/aromatic N) is 6. The highest BCUT2D eigenvalue weighted by molar-refractivity contribution is 6.00. The van der Waals surface area contributed by atoms with E-state index in [-0.39, 0.29) is 30.3 Å². The first kappa shape index (κ1) is 26.6. The van der Waals surface area contributed by atoms with Crippen LogP contribution in [0.2, 0.25) is 0 Å². The van der Waals surface area contributed by atoms with Crippen molar-refractivity contribution in [2.24, 2.45) is 0 Å². The van der Waals surface area contributed by atoms with Crippen LogP contribution >= 0.6 is 0 Å². The molecule has 0 aromatic carbocycles. The topological polar surface area (TPSA) is 165 Å². The van der Waals surface area contributed by atoms with E-state index >= 15 is 0 Å². The van der Waals surface area contributed by atoms with E-state index < -0.39 is 23.6 Å². The van der Waals surface area contributed by atoms with Crippen molar-refractivity contribution >= 4 is 28.7 Å². The fourth-order valence-electron chi connectivity index (χ4n) is 4.06. The van der Waals surface area contributed by atoms with E-state index in [4.69, 9.17) is 10.00 Å². The number of hydrogen-bond donors (Lipinski definition) is 3. The summed E-state index contributed by atoms with van der Waals surface area (Å²) in [5.74, 6) is -0.270. The number of anilines is 1. The average Bonchev–Trinajstić information content (AvgIpc) is 2.90. The van der Waals surface area contributed by atoms with Crippen LogP contribution in [0, 0.1) is 11.3 Å². The summed E-state index contributed by atoms with van der Waals surface area (Å²) < 4.78 is 5.46. The Labute approximate surface area is 219 Å². The van der Waals surface area contributed by atoms with Gasteiger partial charge >= 0.3 is 6.09 Å². The second-order valence-electron chi connectivity index (χ2n) is 9.86. The summed E-state index contributed by atoms with van der Waals surface area (Å²) in [6.07, 6.45) is 2.43. The number of rotatable bonds is 5. The van der Waals surface area contributed by atoms with Crippen molar-refractivity contribution in [3.63, 3.8) is 0 Å². The molecular weight excluding hydrogens is 490 g/mol. The van der Waals surface area contributed by atoms with Crippen LogP contribution in [0.5, 0.6) is 5.75 Å². The number of piperazine rings is 1. The number of carbonyl (C=O) groups is 2. The first-order chi connectivity index (χ1) is 18.1. The second-order valence-corrected chi connectivity index (χ2v) is 9.86. The van der Waals surface area contributed by atoms with E-state index in [1.54, 1.807) is 45.0 Å². The number of aromatic hydroxyl groups is 1. The van der Waals surface area contributed by atoms with Gasteiger partial charge in [0.2, 0.25) is 0 Å². The molecule has 3 aromatic rings. The summed E-state index contributed by atoms with van der Waals surface area (Å²) in [6.45, 7) is 6.45. The van der Waals surface area contributed by atoms with Crippen LogP contribution in [0.1, 0.15) is 42.5 Å². The largest absolute Gasteiger partial charge is 0.505 e. The Balaban J connectivity index is 1.46. The van der Waals surface area contributed by atoms with Crippen molar-refractivity contribution in [2.75, 3.05) is 31.1 Å². The number of nitriles is 1. The molecule has 0 saturated carbocycles. The molecule has 1 aliphatic heterocycles. The number of amides is 2. The SMILES string of the molecule is CC(C)(C)OC(=O)N1CCN(c2ccc3c(O)c(C(=O)NCc4ccc(C#N)nc4)ncc3n2)C[C@@H]1CO. The second kappa shape index (κ2) is 10.9. The molecule has 38 heavy (non-hydrogen) atoms. The molecule has 198 valence electrons. The fourth-order valence-corrected chi connectivity index (χ4v) is 4.06. The molecule has 12 heteroatoms. The molecule has 0 unspecified atom stereocenters. The molecule has 1 saturated heterocycles. The number of carbonyl (C=O) groups excluding carboxylic acids is 2. The van der Waals surface area contributed by atoms with Crippen molar-refractivity contribution < 1.29 is 24.5 Å². The summed E-state index contributed by atoms with van der Waals surface area (Å²) in [4.78, 5) is 41.3. The molecule has 1 atom stereocenters. The molecule has 2 amide bonds. The predicted molar refractivity (Wildman–Crippen MR) is 137 cm³/mol. The standard InChI is InChI=1S/C26H29N7O5/c1-26(2,3)38-25(37)33-9-8-32(14-18(33)15-34)21-7-6-19-20(31-21)13-29-22(23(19)35)24(36)30-12-16-4-5-17(10-27)28-11-16/h4-7,11,13,18,34-35H,8-9,12,14-15H2,1-3H3,(H,30,36)/t18-/m1/s1. The number of aliphatic hydroxyl groups excluding tert-OH is 1. The van der Waals surface area contributed by atoms with E-state index in [0.717, 1.165) is 0 Å². The predicted octanol–water partition coefficient (Wildman–Crippen LogP) is 1.95. The highest BCUT2D eigenvalue weighted by Gasteiger charge is 2.33. The van der Waals surface area contributed by atoms with Crippen molar-refractivity contribution in [3.8, 4) is 11.8 Å². The maximum Gasteiger partial charge on any atom is 0.410 e. The molecule has 12 nitrogen and oxygen atoms in total. The lowest BCUT2D eigenvalue weighted by Gasteiger charge is -2.41. The Bertz CT molecular complexity index is 1380. The van der Waals surface area contributed by atoms with Gasteiger partial charge in [-0.3, -0.25) is 9.69 Å². The number of aromatic nitrogens is 3. The van der Waals surface area contributed by atoms with Gasteiger partial charge < -0.3 is 25.2 Å². The third kappa shape index (κ3) is 5.90. The van der Waals surface area contributed by atoms with Gasteiger partial charge in [0.15, 0.2) is 11.4 Å². The Morgan fingerprint density at radius 3 is 2.63 bits per heavy atom. The van der Waals surface area contributed by atoms with E-state index in [9.17, 15) is 19.8 Å². The van der Waals surface area contributed by atoms with Gasteiger partial charge in [-0.25, -0.2) is 19.7 Å². The molecule has 1 aliphatic rings. The average molecular weight is 520 g/mol. The van der Waals surface area contributed by atoms with E-state index in [1.807, 2.05) is 11.0 Å². The Morgan fingerprint density at radius 2 is 1.97 bits per heavy atom. The molecule has 4 rings (SSSR count). The first-order valence-electron chi connectivity index (χ1n) is 12.1. The molecule has 3 aromatic heterocycles. The lowest BCUT2D eigenvalue weighted by Crippen LogP contribution is -2.57. The van der Waals surface area contributed by atoms with Crippen LogP contribution in [-0.2, 0) is 11.3 Å². The quantitative estimate of drug-likeness (QED) is 0.454. The monoisotopic (exact) mass is 519 g/mol. The van der Waals surface area contributed by atoms with Crippen LogP contribution in [0.4, 0.5) is 10.6 Å².